The smallest absolute Gasteiger partial charge is 0.266 e. The molecule has 8 heteroatoms. The molecule has 0 spiro atoms. The molecular formula is C14H22N4O3S. The van der Waals surface area contributed by atoms with Gasteiger partial charge in [0.25, 0.3) is 5.91 Å². The van der Waals surface area contributed by atoms with Crippen LogP contribution < -0.4 is 5.73 Å². The number of ether oxygens (including phenoxy) is 1. The van der Waals surface area contributed by atoms with E-state index in [1.54, 1.807) is 4.90 Å². The van der Waals surface area contributed by atoms with Gasteiger partial charge in [-0.1, -0.05) is 0 Å². The van der Waals surface area contributed by atoms with Crippen LogP contribution in [0.25, 0.3) is 0 Å². The monoisotopic (exact) mass is 326 g/mol. The zero-order valence-corrected chi connectivity index (χ0v) is 14.0. The molecule has 0 radical (unpaired) electrons. The largest absolute Gasteiger partial charge is 0.373 e. The van der Waals surface area contributed by atoms with Crippen LogP contribution in [0.15, 0.2) is 0 Å². The van der Waals surface area contributed by atoms with Crippen molar-refractivity contribution in [1.82, 2.24) is 14.8 Å². The Morgan fingerprint density at radius 1 is 1.50 bits per heavy atom. The summed E-state index contributed by atoms with van der Waals surface area (Å²) in [5.41, 5.74) is 5.96. The van der Waals surface area contributed by atoms with Gasteiger partial charge in [-0.2, -0.15) is 0 Å². The molecule has 1 saturated heterocycles. The summed E-state index contributed by atoms with van der Waals surface area (Å²) in [7, 11) is 1.81. The van der Waals surface area contributed by atoms with E-state index >= 15 is 0 Å². The van der Waals surface area contributed by atoms with Gasteiger partial charge in [-0.15, -0.1) is 11.3 Å². The first kappa shape index (κ1) is 16.9. The Morgan fingerprint density at radius 2 is 2.23 bits per heavy atom. The van der Waals surface area contributed by atoms with Crippen molar-refractivity contribution in [3.05, 3.63) is 15.6 Å². The van der Waals surface area contributed by atoms with E-state index in [4.69, 9.17) is 10.5 Å². The molecule has 2 N–H and O–H groups in total. The molecule has 0 unspecified atom stereocenters. The summed E-state index contributed by atoms with van der Waals surface area (Å²) in [6.07, 6.45) is -0.114. The highest BCUT2D eigenvalue weighted by atomic mass is 32.1. The number of primary amides is 1. The molecule has 0 bridgehead atoms. The van der Waals surface area contributed by atoms with Crippen molar-refractivity contribution in [2.24, 2.45) is 5.73 Å². The van der Waals surface area contributed by atoms with E-state index in [2.05, 4.69) is 4.98 Å². The lowest BCUT2D eigenvalue weighted by Gasteiger charge is -2.34. The van der Waals surface area contributed by atoms with Crippen molar-refractivity contribution >= 4 is 23.2 Å². The minimum Gasteiger partial charge on any atom is -0.373 e. The highest BCUT2D eigenvalue weighted by Gasteiger charge is 2.28. The van der Waals surface area contributed by atoms with Crippen molar-refractivity contribution in [2.75, 3.05) is 39.8 Å². The van der Waals surface area contributed by atoms with Gasteiger partial charge in [0.05, 0.1) is 30.0 Å². The highest BCUT2D eigenvalue weighted by molar-refractivity contribution is 7.13. The molecule has 1 atom stereocenters. The molecule has 1 fully saturated rings. The molecule has 1 aliphatic heterocycles. The SMILES string of the molecule is Cc1nc(C)c(C(=O)N2CCO[C@@H](CN(C)CC(N)=O)C2)s1. The van der Waals surface area contributed by atoms with Gasteiger partial charge < -0.3 is 15.4 Å². The van der Waals surface area contributed by atoms with Crippen LogP contribution >= 0.6 is 11.3 Å². The number of morpholine rings is 1. The normalized spacial score (nSPS) is 18.7. The van der Waals surface area contributed by atoms with Crippen LogP contribution in [0.1, 0.15) is 20.4 Å². The summed E-state index contributed by atoms with van der Waals surface area (Å²) in [4.78, 5) is 32.1. The first-order valence-electron chi connectivity index (χ1n) is 7.18. The van der Waals surface area contributed by atoms with Gasteiger partial charge in [-0.05, 0) is 20.9 Å². The zero-order chi connectivity index (χ0) is 16.3. The van der Waals surface area contributed by atoms with Crippen molar-refractivity contribution in [3.8, 4) is 0 Å². The van der Waals surface area contributed by atoms with E-state index in [9.17, 15) is 9.59 Å². The summed E-state index contributed by atoms with van der Waals surface area (Å²) in [5.74, 6) is -0.365. The Morgan fingerprint density at radius 3 is 2.82 bits per heavy atom. The summed E-state index contributed by atoms with van der Waals surface area (Å²) >= 11 is 1.42. The maximum absolute atomic E-state index is 12.6. The minimum absolute atomic E-state index is 0.00829. The maximum atomic E-state index is 12.6. The molecule has 22 heavy (non-hydrogen) atoms. The van der Waals surface area contributed by atoms with E-state index in [1.165, 1.54) is 11.3 Å². The molecule has 0 aromatic carbocycles. The minimum atomic E-state index is -0.373. The van der Waals surface area contributed by atoms with Gasteiger partial charge in [0.1, 0.15) is 4.88 Å². The molecule has 0 aliphatic carbocycles. The predicted octanol–water partition coefficient (Wildman–Crippen LogP) is 0.0180. The van der Waals surface area contributed by atoms with Gasteiger partial charge >= 0.3 is 0 Å². The third-order valence-corrected chi connectivity index (χ3v) is 4.53. The summed E-state index contributed by atoms with van der Waals surface area (Å²) in [6.45, 7) is 6.08. The van der Waals surface area contributed by atoms with Gasteiger partial charge in [-0.3, -0.25) is 14.5 Å². The Labute approximate surface area is 134 Å². The van der Waals surface area contributed by atoms with Crippen LogP contribution in [0.2, 0.25) is 0 Å². The number of aryl methyl sites for hydroxylation is 2. The van der Waals surface area contributed by atoms with Gasteiger partial charge in [-0.25, -0.2) is 4.98 Å². The Kier molecular flexibility index (Phi) is 5.49. The standard InChI is InChI=1S/C14H22N4O3S/c1-9-13(22-10(2)16-9)14(20)18-4-5-21-11(7-18)6-17(3)8-12(15)19/h11H,4-8H2,1-3H3,(H2,15,19)/t11-/m0/s1. The summed E-state index contributed by atoms with van der Waals surface area (Å²) < 4.78 is 5.68. The van der Waals surface area contributed by atoms with E-state index in [1.807, 2.05) is 25.8 Å². The van der Waals surface area contributed by atoms with Crippen LogP contribution in [-0.4, -0.2) is 72.5 Å². The first-order valence-corrected chi connectivity index (χ1v) is 8.00. The second kappa shape index (κ2) is 7.17. The fraction of sp³-hybridized carbons (Fsp3) is 0.643. The van der Waals surface area contributed by atoms with E-state index in [-0.39, 0.29) is 24.5 Å². The van der Waals surface area contributed by atoms with Crippen LogP contribution in [0.3, 0.4) is 0 Å². The molecule has 1 aromatic rings. The maximum Gasteiger partial charge on any atom is 0.266 e. The third-order valence-electron chi connectivity index (χ3n) is 3.46. The van der Waals surface area contributed by atoms with Crippen LogP contribution in [-0.2, 0) is 9.53 Å². The van der Waals surface area contributed by atoms with Crippen molar-refractivity contribution in [3.63, 3.8) is 0 Å². The zero-order valence-electron chi connectivity index (χ0n) is 13.2. The quantitative estimate of drug-likeness (QED) is 0.824. The lowest BCUT2D eigenvalue weighted by Crippen LogP contribution is -2.49. The fourth-order valence-electron chi connectivity index (χ4n) is 2.57. The number of amides is 2. The number of hydrogen-bond donors (Lipinski definition) is 1. The van der Waals surface area contributed by atoms with Gasteiger partial charge in [0.15, 0.2) is 0 Å². The molecular weight excluding hydrogens is 304 g/mol. The number of thiazole rings is 1. The average molecular weight is 326 g/mol. The Hall–Kier alpha value is -1.51. The van der Waals surface area contributed by atoms with E-state index < -0.39 is 0 Å². The predicted molar refractivity (Wildman–Crippen MR) is 83.9 cm³/mol. The van der Waals surface area contributed by atoms with Crippen molar-refractivity contribution in [2.45, 2.75) is 20.0 Å². The molecule has 7 nitrogen and oxygen atoms in total. The third kappa shape index (κ3) is 4.25. The molecule has 122 valence electrons. The first-order chi connectivity index (χ1) is 10.4. The van der Waals surface area contributed by atoms with Crippen molar-refractivity contribution in [1.29, 1.82) is 0 Å². The second-order valence-electron chi connectivity index (χ2n) is 5.55. The van der Waals surface area contributed by atoms with Gasteiger partial charge in [0, 0.05) is 19.6 Å². The molecule has 0 saturated carbocycles. The molecule has 2 rings (SSSR count). The van der Waals surface area contributed by atoms with Crippen molar-refractivity contribution < 1.29 is 14.3 Å². The summed E-state index contributed by atoms with van der Waals surface area (Å²) in [6, 6.07) is 0. The molecule has 1 aliphatic rings. The number of hydrogen-bond acceptors (Lipinski definition) is 6. The number of carbonyl (C=O) groups is 2. The number of aromatic nitrogens is 1. The number of carbonyl (C=O) groups excluding carboxylic acids is 2. The summed E-state index contributed by atoms with van der Waals surface area (Å²) in [5, 5.41) is 0.895. The highest BCUT2D eigenvalue weighted by Crippen LogP contribution is 2.20. The fourth-order valence-corrected chi connectivity index (χ4v) is 3.45. The number of likely N-dealkylation sites (N-methyl/N-ethyl adjacent to an activating group) is 1. The lowest BCUT2D eigenvalue weighted by atomic mass is 10.2. The molecule has 2 heterocycles. The Bertz CT molecular complexity index is 560. The van der Waals surface area contributed by atoms with E-state index in [0.29, 0.717) is 31.1 Å². The number of nitrogens with zero attached hydrogens (tertiary/aromatic N) is 3. The Balaban J connectivity index is 1.96. The number of nitrogens with two attached hydrogens (primary N) is 1. The van der Waals surface area contributed by atoms with Crippen LogP contribution in [0, 0.1) is 13.8 Å². The van der Waals surface area contributed by atoms with E-state index in [0.717, 1.165) is 10.7 Å². The number of rotatable bonds is 5. The lowest BCUT2D eigenvalue weighted by molar-refractivity contribution is -0.119. The second-order valence-corrected chi connectivity index (χ2v) is 6.76. The topological polar surface area (TPSA) is 88.8 Å². The van der Waals surface area contributed by atoms with Gasteiger partial charge in [0.2, 0.25) is 5.91 Å². The average Bonchev–Trinajstić information content (AvgIpc) is 2.76. The van der Waals surface area contributed by atoms with Crippen LogP contribution in [0.5, 0.6) is 0 Å². The molecule has 2 amide bonds. The van der Waals surface area contributed by atoms with Crippen LogP contribution in [0.4, 0.5) is 0 Å². The molecule has 1 aromatic heterocycles.